The third-order valence-electron chi connectivity index (χ3n) is 9.38. The molecule has 0 unspecified atom stereocenters. The van der Waals surface area contributed by atoms with Crippen LogP contribution < -0.4 is 0 Å². The molecule has 0 aromatic heterocycles. The van der Waals surface area contributed by atoms with E-state index in [4.69, 9.17) is 4.74 Å². The van der Waals surface area contributed by atoms with Crippen molar-refractivity contribution in [2.45, 2.75) is 91.1 Å². The zero-order valence-corrected chi connectivity index (χ0v) is 16.4. The minimum Gasteiger partial charge on any atom is -0.459 e. The first-order valence-electron chi connectivity index (χ1n) is 10.4. The van der Waals surface area contributed by atoms with Gasteiger partial charge in [-0.1, -0.05) is 13.8 Å². The lowest BCUT2D eigenvalue weighted by Gasteiger charge is -2.61. The van der Waals surface area contributed by atoms with Gasteiger partial charge in [-0.05, 0) is 81.0 Å². The molecule has 25 heavy (non-hydrogen) atoms. The van der Waals surface area contributed by atoms with Crippen LogP contribution in [-0.4, -0.2) is 17.4 Å². The summed E-state index contributed by atoms with van der Waals surface area (Å²) in [5.41, 5.74) is 0.181. The number of fused-ring (bicyclic) bond motifs is 5. The summed E-state index contributed by atoms with van der Waals surface area (Å²) in [6, 6.07) is 0. The molecule has 0 saturated heterocycles. The van der Waals surface area contributed by atoms with E-state index in [0.29, 0.717) is 23.0 Å². The van der Waals surface area contributed by atoms with E-state index in [-0.39, 0.29) is 17.0 Å². The molecule has 0 spiro atoms. The number of hydrogen-bond acceptors (Lipinski definition) is 3. The van der Waals surface area contributed by atoms with Crippen molar-refractivity contribution in [2.24, 2.45) is 34.5 Å². The highest BCUT2D eigenvalue weighted by atomic mass is 16.6. The fraction of sp³-hybridized carbons (Fsp3) is 0.909. The van der Waals surface area contributed by atoms with Gasteiger partial charge in [0.15, 0.2) is 0 Å². The van der Waals surface area contributed by atoms with E-state index in [1.165, 1.54) is 32.1 Å². The van der Waals surface area contributed by atoms with Crippen LogP contribution in [0.2, 0.25) is 0 Å². The second-order valence-electron chi connectivity index (χ2n) is 10.2. The Morgan fingerprint density at radius 1 is 1.00 bits per heavy atom. The predicted octanol–water partition coefficient (Wildman–Crippen LogP) is 4.92. The van der Waals surface area contributed by atoms with Gasteiger partial charge >= 0.3 is 5.97 Å². The van der Waals surface area contributed by atoms with Crippen molar-refractivity contribution in [2.75, 3.05) is 0 Å². The smallest absolute Gasteiger partial charge is 0.303 e. The molecule has 3 heteroatoms. The fourth-order valence-corrected chi connectivity index (χ4v) is 7.76. The van der Waals surface area contributed by atoms with E-state index in [0.717, 1.165) is 37.5 Å². The molecule has 0 heterocycles. The first-order valence-corrected chi connectivity index (χ1v) is 10.4. The van der Waals surface area contributed by atoms with E-state index in [9.17, 15) is 9.59 Å². The molecular weight excluding hydrogens is 312 g/mol. The molecule has 0 aliphatic heterocycles. The summed E-state index contributed by atoms with van der Waals surface area (Å²) in [6.45, 7) is 8.62. The summed E-state index contributed by atoms with van der Waals surface area (Å²) in [5, 5.41) is 0. The molecule has 4 rings (SSSR count). The fourth-order valence-electron chi connectivity index (χ4n) is 7.76. The Morgan fingerprint density at radius 2 is 1.72 bits per heavy atom. The van der Waals surface area contributed by atoms with E-state index in [1.54, 1.807) is 6.92 Å². The molecule has 0 amide bonds. The Labute approximate surface area is 152 Å². The van der Waals surface area contributed by atoms with Crippen molar-refractivity contribution in [3.63, 3.8) is 0 Å². The molecule has 0 N–H and O–H groups in total. The minimum atomic E-state index is -0.297. The monoisotopic (exact) mass is 346 g/mol. The van der Waals surface area contributed by atoms with Crippen molar-refractivity contribution < 1.29 is 14.3 Å². The van der Waals surface area contributed by atoms with Crippen LogP contribution in [0.1, 0.15) is 85.5 Å². The average Bonchev–Trinajstić information content (AvgIpc) is 2.79. The Bertz CT molecular complexity index is 598. The molecular formula is C22H34O3. The Morgan fingerprint density at radius 3 is 2.44 bits per heavy atom. The molecule has 3 nitrogen and oxygen atoms in total. The standard InChI is InChI=1S/C22H34O3/c1-14(23)25-22(4)12-9-19-17-6-5-15-13-16(24)7-10-20(15,2)18(17)8-11-21(19,22)3/h15,17-19H,5-13H2,1-4H3/t15-,17+,18-,19-,20+,21+,22+/m1/s1. The number of rotatable bonds is 1. The van der Waals surface area contributed by atoms with Gasteiger partial charge < -0.3 is 4.74 Å². The molecule has 0 bridgehead atoms. The van der Waals surface area contributed by atoms with Crippen LogP contribution >= 0.6 is 0 Å². The van der Waals surface area contributed by atoms with E-state index in [1.807, 2.05) is 0 Å². The van der Waals surface area contributed by atoms with Crippen LogP contribution in [0.15, 0.2) is 0 Å². The quantitative estimate of drug-likeness (QED) is 0.633. The van der Waals surface area contributed by atoms with Gasteiger partial charge in [0.05, 0.1) is 0 Å². The molecule has 0 aromatic rings. The molecule has 4 aliphatic carbocycles. The zero-order chi connectivity index (χ0) is 18.0. The lowest BCUT2D eigenvalue weighted by Crippen LogP contribution is -2.56. The lowest BCUT2D eigenvalue weighted by atomic mass is 9.44. The van der Waals surface area contributed by atoms with Crippen LogP contribution in [0.5, 0.6) is 0 Å². The average molecular weight is 347 g/mol. The SMILES string of the molecule is CC(=O)O[C@@]1(C)CC[C@@H]2[C@H]3CC[C@@H]4CC(=O)CC[C@]4(C)[C@@H]3CC[C@@]21C. The second kappa shape index (κ2) is 5.57. The maximum Gasteiger partial charge on any atom is 0.303 e. The number of carbonyl (C=O) groups is 2. The van der Waals surface area contributed by atoms with Gasteiger partial charge in [-0.3, -0.25) is 9.59 Å². The minimum absolute atomic E-state index is 0.119. The summed E-state index contributed by atoms with van der Waals surface area (Å²) in [6.07, 6.45) is 9.83. The third-order valence-corrected chi connectivity index (χ3v) is 9.38. The van der Waals surface area contributed by atoms with E-state index < -0.39 is 0 Å². The van der Waals surface area contributed by atoms with E-state index >= 15 is 0 Å². The van der Waals surface area contributed by atoms with Gasteiger partial charge in [0.2, 0.25) is 0 Å². The third kappa shape index (κ3) is 2.36. The van der Waals surface area contributed by atoms with Crippen LogP contribution in [0.25, 0.3) is 0 Å². The second-order valence-corrected chi connectivity index (χ2v) is 10.2. The van der Waals surface area contributed by atoms with Gasteiger partial charge in [0, 0.05) is 25.2 Å². The van der Waals surface area contributed by atoms with Gasteiger partial charge in [-0.15, -0.1) is 0 Å². The Kier molecular flexibility index (Phi) is 3.91. The number of Topliss-reactive ketones (excluding diaryl/α,β-unsaturated/α-hetero) is 1. The van der Waals surface area contributed by atoms with E-state index in [2.05, 4.69) is 20.8 Å². The lowest BCUT2D eigenvalue weighted by molar-refractivity contribution is -0.183. The van der Waals surface area contributed by atoms with Gasteiger partial charge in [0.25, 0.3) is 0 Å². The molecule has 0 radical (unpaired) electrons. The Hall–Kier alpha value is -0.860. The van der Waals surface area contributed by atoms with Crippen molar-refractivity contribution in [1.82, 2.24) is 0 Å². The molecule has 4 fully saturated rings. The number of carbonyl (C=O) groups excluding carboxylic acids is 2. The number of hydrogen-bond donors (Lipinski definition) is 0. The highest BCUT2D eigenvalue weighted by Gasteiger charge is 2.64. The summed E-state index contributed by atoms with van der Waals surface area (Å²) < 4.78 is 5.91. The van der Waals surface area contributed by atoms with Crippen LogP contribution in [0, 0.1) is 34.5 Å². The maximum absolute atomic E-state index is 12.0. The molecule has 140 valence electrons. The molecule has 4 saturated carbocycles. The summed E-state index contributed by atoms with van der Waals surface area (Å²) >= 11 is 0. The van der Waals surface area contributed by atoms with Crippen molar-refractivity contribution in [3.05, 3.63) is 0 Å². The molecule has 0 aromatic carbocycles. The first-order chi connectivity index (χ1) is 11.7. The molecule has 4 aliphatic rings. The van der Waals surface area contributed by atoms with Gasteiger partial charge in [-0.25, -0.2) is 0 Å². The van der Waals surface area contributed by atoms with Crippen LogP contribution in [0.4, 0.5) is 0 Å². The van der Waals surface area contributed by atoms with Crippen molar-refractivity contribution >= 4 is 11.8 Å². The number of esters is 1. The predicted molar refractivity (Wildman–Crippen MR) is 96.9 cm³/mol. The largest absolute Gasteiger partial charge is 0.459 e. The highest BCUT2D eigenvalue weighted by molar-refractivity contribution is 5.79. The number of ether oxygens (including phenoxy) is 1. The molecule has 7 atom stereocenters. The van der Waals surface area contributed by atoms with Crippen molar-refractivity contribution in [3.8, 4) is 0 Å². The summed E-state index contributed by atoms with van der Waals surface area (Å²) in [5.74, 6) is 3.16. The first kappa shape index (κ1) is 17.5. The Balaban J connectivity index is 1.62. The van der Waals surface area contributed by atoms with Gasteiger partial charge in [0.1, 0.15) is 11.4 Å². The van der Waals surface area contributed by atoms with Crippen LogP contribution in [0.3, 0.4) is 0 Å². The van der Waals surface area contributed by atoms with Crippen LogP contribution in [-0.2, 0) is 14.3 Å². The highest BCUT2D eigenvalue weighted by Crippen LogP contribution is 2.68. The summed E-state index contributed by atoms with van der Waals surface area (Å²) in [4.78, 5) is 23.7. The summed E-state index contributed by atoms with van der Waals surface area (Å²) in [7, 11) is 0. The topological polar surface area (TPSA) is 43.4 Å². The zero-order valence-electron chi connectivity index (χ0n) is 16.4. The normalized spacial score (nSPS) is 52.1. The number of ketones is 1. The van der Waals surface area contributed by atoms with Crippen molar-refractivity contribution in [1.29, 1.82) is 0 Å². The maximum atomic E-state index is 12.0. The van der Waals surface area contributed by atoms with Gasteiger partial charge in [-0.2, -0.15) is 0 Å².